The lowest BCUT2D eigenvalue weighted by molar-refractivity contribution is -0.143. The van der Waals surface area contributed by atoms with E-state index in [2.05, 4.69) is 0 Å². The van der Waals surface area contributed by atoms with Crippen LogP contribution in [0.2, 0.25) is 5.02 Å². The Balaban J connectivity index is 2.87. The van der Waals surface area contributed by atoms with Crippen LogP contribution in [0.15, 0.2) is 12.1 Å². The van der Waals surface area contributed by atoms with Gasteiger partial charge in [-0.3, -0.25) is 14.4 Å². The number of esters is 1. The van der Waals surface area contributed by atoms with Crippen molar-refractivity contribution < 1.29 is 24.2 Å². The fourth-order valence-electron chi connectivity index (χ4n) is 2.03. The van der Waals surface area contributed by atoms with E-state index >= 15 is 0 Å². The number of carboxylic acids is 1. The van der Waals surface area contributed by atoms with Crippen molar-refractivity contribution in [2.24, 2.45) is 0 Å². The van der Waals surface area contributed by atoms with Gasteiger partial charge in [-0.05, 0) is 43.5 Å². The number of halogens is 1. The Labute approximate surface area is 134 Å². The fourth-order valence-corrected chi connectivity index (χ4v) is 2.35. The number of hydrogen-bond acceptors (Lipinski definition) is 4. The van der Waals surface area contributed by atoms with Crippen LogP contribution in [-0.4, -0.2) is 29.4 Å². The number of rotatable bonds is 8. The van der Waals surface area contributed by atoms with E-state index in [4.69, 9.17) is 21.4 Å². The van der Waals surface area contributed by atoms with E-state index in [1.54, 1.807) is 19.1 Å². The second-order valence-corrected chi connectivity index (χ2v) is 5.29. The second-order valence-electron chi connectivity index (χ2n) is 4.88. The van der Waals surface area contributed by atoms with Gasteiger partial charge in [-0.1, -0.05) is 11.6 Å². The van der Waals surface area contributed by atoms with Gasteiger partial charge >= 0.3 is 11.9 Å². The van der Waals surface area contributed by atoms with E-state index in [1.165, 1.54) is 0 Å². The lowest BCUT2D eigenvalue weighted by Crippen LogP contribution is -2.08. The molecule has 120 valence electrons. The van der Waals surface area contributed by atoms with E-state index in [0.29, 0.717) is 23.6 Å². The average molecular weight is 327 g/mol. The standard InChI is InChI=1S/C16H19ClO5/c1-3-22-16(21)7-4-11-9-12(13(17)8-10(11)2)14(18)5-6-15(19)20/h8-9H,3-7H2,1-2H3,(H,19,20). The maximum absolute atomic E-state index is 12.0. The van der Waals surface area contributed by atoms with Gasteiger partial charge in [-0.25, -0.2) is 0 Å². The van der Waals surface area contributed by atoms with Crippen LogP contribution in [0, 0.1) is 6.92 Å². The summed E-state index contributed by atoms with van der Waals surface area (Å²) in [6.07, 6.45) is 0.330. The second kappa shape index (κ2) is 8.54. The lowest BCUT2D eigenvalue weighted by atomic mass is 9.97. The lowest BCUT2D eigenvalue weighted by Gasteiger charge is -2.10. The van der Waals surface area contributed by atoms with Gasteiger partial charge in [0.25, 0.3) is 0 Å². The minimum Gasteiger partial charge on any atom is -0.481 e. The predicted molar refractivity (Wildman–Crippen MR) is 82.3 cm³/mol. The van der Waals surface area contributed by atoms with E-state index in [1.807, 2.05) is 6.92 Å². The molecule has 1 aromatic rings. The van der Waals surface area contributed by atoms with Crippen molar-refractivity contribution in [2.75, 3.05) is 6.61 Å². The number of carboxylic acid groups (broad SMARTS) is 1. The highest BCUT2D eigenvalue weighted by atomic mass is 35.5. The Morgan fingerprint density at radius 1 is 1.18 bits per heavy atom. The van der Waals surface area contributed by atoms with Gasteiger partial charge in [0, 0.05) is 18.4 Å². The molecule has 0 atom stereocenters. The normalized spacial score (nSPS) is 10.3. The molecule has 1 N–H and O–H groups in total. The Morgan fingerprint density at radius 2 is 1.86 bits per heavy atom. The average Bonchev–Trinajstić information content (AvgIpc) is 2.44. The Hall–Kier alpha value is -1.88. The molecule has 6 heteroatoms. The molecule has 0 aliphatic carbocycles. The van der Waals surface area contributed by atoms with Crippen molar-refractivity contribution in [3.05, 3.63) is 33.8 Å². The first kappa shape index (κ1) is 18.2. The molecule has 0 saturated carbocycles. The summed E-state index contributed by atoms with van der Waals surface area (Å²) >= 11 is 6.06. The molecule has 5 nitrogen and oxygen atoms in total. The van der Waals surface area contributed by atoms with Gasteiger partial charge in [0.15, 0.2) is 5.78 Å². The molecule has 0 aliphatic heterocycles. The fraction of sp³-hybridized carbons (Fsp3) is 0.438. The largest absolute Gasteiger partial charge is 0.481 e. The van der Waals surface area contributed by atoms with Crippen molar-refractivity contribution in [1.29, 1.82) is 0 Å². The number of aliphatic carboxylic acids is 1. The third-order valence-corrected chi connectivity index (χ3v) is 3.51. The van der Waals surface area contributed by atoms with Crippen LogP contribution >= 0.6 is 11.6 Å². The molecule has 1 rings (SSSR count). The highest BCUT2D eigenvalue weighted by Gasteiger charge is 2.15. The zero-order valence-corrected chi connectivity index (χ0v) is 13.4. The first-order chi connectivity index (χ1) is 10.3. The quantitative estimate of drug-likeness (QED) is 0.586. The van der Waals surface area contributed by atoms with Gasteiger partial charge in [0.05, 0.1) is 18.1 Å². The van der Waals surface area contributed by atoms with Crippen LogP contribution in [0.25, 0.3) is 0 Å². The van der Waals surface area contributed by atoms with Crippen molar-refractivity contribution >= 4 is 29.3 Å². The highest BCUT2D eigenvalue weighted by Crippen LogP contribution is 2.24. The first-order valence-corrected chi connectivity index (χ1v) is 7.42. The van der Waals surface area contributed by atoms with E-state index in [-0.39, 0.29) is 31.0 Å². The molecule has 0 radical (unpaired) electrons. The molecule has 22 heavy (non-hydrogen) atoms. The Bertz CT molecular complexity index is 580. The number of carbonyl (C=O) groups excluding carboxylic acids is 2. The summed E-state index contributed by atoms with van der Waals surface area (Å²) in [5.41, 5.74) is 2.01. The van der Waals surface area contributed by atoms with Crippen LogP contribution < -0.4 is 0 Å². The van der Waals surface area contributed by atoms with Gasteiger partial charge in [0.2, 0.25) is 0 Å². The summed E-state index contributed by atoms with van der Waals surface area (Å²) in [4.78, 5) is 34.0. The molecule has 0 spiro atoms. The molecule has 0 bridgehead atoms. The number of benzene rings is 1. The number of aryl methyl sites for hydroxylation is 2. The van der Waals surface area contributed by atoms with Crippen LogP contribution in [0.4, 0.5) is 0 Å². The van der Waals surface area contributed by atoms with Crippen molar-refractivity contribution in [3.63, 3.8) is 0 Å². The van der Waals surface area contributed by atoms with Crippen LogP contribution in [0.3, 0.4) is 0 Å². The zero-order chi connectivity index (χ0) is 16.7. The topological polar surface area (TPSA) is 80.7 Å². The zero-order valence-electron chi connectivity index (χ0n) is 12.6. The van der Waals surface area contributed by atoms with Crippen molar-refractivity contribution in [1.82, 2.24) is 0 Å². The summed E-state index contributed by atoms with van der Waals surface area (Å²) in [5.74, 6) is -1.64. The SMILES string of the molecule is CCOC(=O)CCc1cc(C(=O)CCC(=O)O)c(Cl)cc1C. The summed E-state index contributed by atoms with van der Waals surface area (Å²) in [6, 6.07) is 3.30. The highest BCUT2D eigenvalue weighted by molar-refractivity contribution is 6.34. The Kier molecular flexibility index (Phi) is 7.05. The van der Waals surface area contributed by atoms with Crippen molar-refractivity contribution in [2.45, 2.75) is 39.5 Å². The summed E-state index contributed by atoms with van der Waals surface area (Å²) in [7, 11) is 0. The summed E-state index contributed by atoms with van der Waals surface area (Å²) in [6.45, 7) is 3.92. The third kappa shape index (κ3) is 5.48. The maximum atomic E-state index is 12.0. The minimum atomic E-state index is -1.03. The maximum Gasteiger partial charge on any atom is 0.306 e. The van der Waals surface area contributed by atoms with E-state index in [9.17, 15) is 14.4 Å². The van der Waals surface area contributed by atoms with Gasteiger partial charge < -0.3 is 9.84 Å². The third-order valence-electron chi connectivity index (χ3n) is 3.20. The monoisotopic (exact) mass is 326 g/mol. The molecule has 0 unspecified atom stereocenters. The molecule has 0 saturated heterocycles. The number of Topliss-reactive ketones (excluding diaryl/α,β-unsaturated/α-hetero) is 1. The molecular formula is C16H19ClO5. The van der Waals surface area contributed by atoms with E-state index < -0.39 is 5.97 Å². The predicted octanol–water partition coefficient (Wildman–Crippen LogP) is 3.19. The molecule has 0 fully saturated rings. The van der Waals surface area contributed by atoms with Crippen LogP contribution in [0.5, 0.6) is 0 Å². The number of ketones is 1. The van der Waals surface area contributed by atoms with Crippen molar-refractivity contribution in [3.8, 4) is 0 Å². The molecule has 0 aromatic heterocycles. The molecule has 0 aliphatic rings. The number of hydrogen-bond donors (Lipinski definition) is 1. The molecular weight excluding hydrogens is 308 g/mol. The summed E-state index contributed by atoms with van der Waals surface area (Å²) in [5, 5.41) is 8.94. The molecule has 1 aromatic carbocycles. The van der Waals surface area contributed by atoms with Gasteiger partial charge in [0.1, 0.15) is 0 Å². The number of ether oxygens (including phenoxy) is 1. The molecule has 0 heterocycles. The van der Waals surface area contributed by atoms with Gasteiger partial charge in [-0.2, -0.15) is 0 Å². The Morgan fingerprint density at radius 3 is 2.45 bits per heavy atom. The smallest absolute Gasteiger partial charge is 0.306 e. The molecule has 0 amide bonds. The first-order valence-electron chi connectivity index (χ1n) is 7.04. The minimum absolute atomic E-state index is 0.102. The van der Waals surface area contributed by atoms with Gasteiger partial charge in [-0.15, -0.1) is 0 Å². The number of carbonyl (C=O) groups is 3. The summed E-state index contributed by atoms with van der Waals surface area (Å²) < 4.78 is 4.87. The van der Waals surface area contributed by atoms with Crippen LogP contribution in [0.1, 0.15) is 47.7 Å². The van der Waals surface area contributed by atoms with Crippen LogP contribution in [-0.2, 0) is 20.7 Å². The van der Waals surface area contributed by atoms with E-state index in [0.717, 1.165) is 11.1 Å².